The van der Waals surface area contributed by atoms with Gasteiger partial charge in [0.05, 0.1) is 5.69 Å². The van der Waals surface area contributed by atoms with Crippen LogP contribution < -0.4 is 5.54 Å². The molecule has 2 rings (SSSR count). The third kappa shape index (κ3) is 1.69. The van der Waals surface area contributed by atoms with Crippen LogP contribution in [-0.4, -0.2) is 9.97 Å². The van der Waals surface area contributed by atoms with Crippen molar-refractivity contribution in [3.05, 3.63) is 42.7 Å². The third-order valence-electron chi connectivity index (χ3n) is 1.82. The summed E-state index contributed by atoms with van der Waals surface area (Å²) in [5.74, 6) is 0.637. The average molecular weight is 189 g/mol. The van der Waals surface area contributed by atoms with Crippen LogP contribution in [0, 0.1) is 0 Å². The van der Waals surface area contributed by atoms with Crippen molar-refractivity contribution in [1.29, 1.82) is 0 Å². The number of benzene rings is 1. The summed E-state index contributed by atoms with van der Waals surface area (Å²) in [4.78, 5) is 8.16. The van der Waals surface area contributed by atoms with Gasteiger partial charge in [0.1, 0.15) is 0 Å². The number of nitrogens with one attached hydrogen (secondary N) is 1. The van der Waals surface area contributed by atoms with Gasteiger partial charge in [0, 0.05) is 18.0 Å². The topological polar surface area (TPSA) is 37.8 Å². The molecule has 70 valence electrons. The van der Waals surface area contributed by atoms with Crippen molar-refractivity contribution < 1.29 is 4.48 Å². The fraction of sp³-hybridized carbons (Fsp3) is 0. The number of anilines is 1. The van der Waals surface area contributed by atoms with E-state index in [2.05, 4.69) is 9.97 Å². The molecule has 0 spiro atoms. The lowest BCUT2D eigenvalue weighted by Crippen LogP contribution is -1.87. The first-order valence-corrected chi connectivity index (χ1v) is 4.14. The highest BCUT2D eigenvalue weighted by Gasteiger charge is 1.98. The molecule has 0 saturated carbocycles. The highest BCUT2D eigenvalue weighted by molar-refractivity contribution is 5.58. The van der Waals surface area contributed by atoms with Crippen molar-refractivity contribution in [2.24, 2.45) is 0 Å². The van der Waals surface area contributed by atoms with Gasteiger partial charge in [-0.05, 0) is 30.3 Å². The second-order valence-electron chi connectivity index (χ2n) is 2.74. The SMILES string of the molecule is FNc1ccc(-c2ncccn2)cc1. The maximum atomic E-state index is 12.0. The first kappa shape index (κ1) is 8.62. The molecule has 3 nitrogen and oxygen atoms in total. The molecule has 0 unspecified atom stereocenters. The van der Waals surface area contributed by atoms with Crippen molar-refractivity contribution in [2.75, 3.05) is 5.54 Å². The number of rotatable bonds is 2. The van der Waals surface area contributed by atoms with E-state index < -0.39 is 0 Å². The molecule has 0 fully saturated rings. The summed E-state index contributed by atoms with van der Waals surface area (Å²) in [5.41, 5.74) is 2.85. The van der Waals surface area contributed by atoms with E-state index in [9.17, 15) is 4.48 Å². The van der Waals surface area contributed by atoms with E-state index in [-0.39, 0.29) is 0 Å². The van der Waals surface area contributed by atoms with E-state index in [1.165, 1.54) is 0 Å². The van der Waals surface area contributed by atoms with Gasteiger partial charge < -0.3 is 0 Å². The zero-order valence-corrected chi connectivity index (χ0v) is 7.31. The lowest BCUT2D eigenvalue weighted by molar-refractivity contribution is 0.618. The van der Waals surface area contributed by atoms with Gasteiger partial charge in [-0.3, -0.25) is 0 Å². The van der Waals surface area contributed by atoms with Crippen LogP contribution in [0.1, 0.15) is 0 Å². The Morgan fingerprint density at radius 2 is 1.64 bits per heavy atom. The highest BCUT2D eigenvalue weighted by atomic mass is 19.2. The van der Waals surface area contributed by atoms with Crippen LogP contribution in [0.15, 0.2) is 42.7 Å². The molecule has 0 radical (unpaired) electrons. The Morgan fingerprint density at radius 1 is 1.00 bits per heavy atom. The van der Waals surface area contributed by atoms with Crippen LogP contribution in [-0.2, 0) is 0 Å². The van der Waals surface area contributed by atoms with E-state index in [0.717, 1.165) is 5.56 Å². The zero-order valence-electron chi connectivity index (χ0n) is 7.31. The Labute approximate surface area is 80.6 Å². The Kier molecular flexibility index (Phi) is 2.36. The highest BCUT2D eigenvalue weighted by Crippen LogP contribution is 2.16. The fourth-order valence-corrected chi connectivity index (χ4v) is 1.13. The normalized spacial score (nSPS) is 9.79. The van der Waals surface area contributed by atoms with E-state index in [1.807, 2.05) is 0 Å². The molecule has 0 aliphatic carbocycles. The van der Waals surface area contributed by atoms with Gasteiger partial charge in [-0.15, -0.1) is 4.48 Å². The molecule has 0 amide bonds. The number of hydrogen-bond acceptors (Lipinski definition) is 3. The number of hydrogen-bond donors (Lipinski definition) is 1. The first-order chi connectivity index (χ1) is 6.90. The molecule has 14 heavy (non-hydrogen) atoms. The minimum atomic E-state index is 0.421. The first-order valence-electron chi connectivity index (χ1n) is 4.14. The summed E-state index contributed by atoms with van der Waals surface area (Å²) >= 11 is 0. The lowest BCUT2D eigenvalue weighted by Gasteiger charge is -1.99. The molecule has 0 aliphatic rings. The molecule has 1 aromatic heterocycles. The third-order valence-corrected chi connectivity index (χ3v) is 1.82. The second-order valence-corrected chi connectivity index (χ2v) is 2.74. The molecule has 1 N–H and O–H groups in total. The van der Waals surface area contributed by atoms with Crippen LogP contribution in [0.2, 0.25) is 0 Å². The zero-order chi connectivity index (χ0) is 9.80. The van der Waals surface area contributed by atoms with E-state index in [4.69, 9.17) is 0 Å². The van der Waals surface area contributed by atoms with Crippen LogP contribution in [0.25, 0.3) is 11.4 Å². The largest absolute Gasteiger partial charge is 0.237 e. The molecule has 1 aromatic carbocycles. The molecule has 0 aliphatic heterocycles. The summed E-state index contributed by atoms with van der Waals surface area (Å²) < 4.78 is 12.0. The Hall–Kier alpha value is -1.97. The predicted molar refractivity (Wildman–Crippen MR) is 52.2 cm³/mol. The van der Waals surface area contributed by atoms with Gasteiger partial charge in [0.15, 0.2) is 5.82 Å². The standard InChI is InChI=1S/C10H8FN3/c11-14-9-4-2-8(3-5-9)10-12-6-1-7-13-10/h1-7,14H. The van der Waals surface area contributed by atoms with Gasteiger partial charge in [0.25, 0.3) is 0 Å². The van der Waals surface area contributed by atoms with Gasteiger partial charge in [-0.25, -0.2) is 15.5 Å². The van der Waals surface area contributed by atoms with Gasteiger partial charge in [-0.1, -0.05) is 0 Å². The number of aromatic nitrogens is 2. The number of nitrogens with zero attached hydrogens (tertiary/aromatic N) is 2. The second kappa shape index (κ2) is 3.83. The summed E-state index contributed by atoms with van der Waals surface area (Å²) in [6.07, 6.45) is 3.34. The van der Waals surface area contributed by atoms with Crippen molar-refractivity contribution in [2.45, 2.75) is 0 Å². The Bertz CT molecular complexity index is 399. The smallest absolute Gasteiger partial charge is 0.159 e. The van der Waals surface area contributed by atoms with Crippen LogP contribution in [0.3, 0.4) is 0 Å². The summed E-state index contributed by atoms with van der Waals surface area (Å²) in [6, 6.07) is 8.53. The van der Waals surface area contributed by atoms with Crippen LogP contribution in [0.4, 0.5) is 10.2 Å². The van der Waals surface area contributed by atoms with Gasteiger partial charge in [-0.2, -0.15) is 0 Å². The van der Waals surface area contributed by atoms with Crippen molar-refractivity contribution >= 4 is 5.69 Å². The molecular weight excluding hydrogens is 181 g/mol. The molecule has 2 aromatic rings. The minimum absolute atomic E-state index is 0.421. The summed E-state index contributed by atoms with van der Waals surface area (Å²) in [5, 5.41) is 0. The van der Waals surface area contributed by atoms with E-state index in [1.54, 1.807) is 48.3 Å². The van der Waals surface area contributed by atoms with Crippen molar-refractivity contribution in [3.63, 3.8) is 0 Å². The Balaban J connectivity index is 2.34. The van der Waals surface area contributed by atoms with Gasteiger partial charge >= 0.3 is 0 Å². The lowest BCUT2D eigenvalue weighted by atomic mass is 10.2. The molecule has 4 heteroatoms. The summed E-state index contributed by atoms with van der Waals surface area (Å²) in [6.45, 7) is 0. The fourth-order valence-electron chi connectivity index (χ4n) is 1.13. The minimum Gasteiger partial charge on any atom is -0.237 e. The quantitative estimate of drug-likeness (QED) is 0.737. The molecule has 0 saturated heterocycles. The van der Waals surface area contributed by atoms with Gasteiger partial charge in [0.2, 0.25) is 0 Å². The average Bonchev–Trinajstić information content (AvgIpc) is 2.30. The van der Waals surface area contributed by atoms with Crippen LogP contribution in [0.5, 0.6) is 0 Å². The maximum absolute atomic E-state index is 12.0. The number of halogens is 1. The molecular formula is C10H8FN3. The maximum Gasteiger partial charge on any atom is 0.159 e. The monoisotopic (exact) mass is 189 g/mol. The van der Waals surface area contributed by atoms with E-state index >= 15 is 0 Å². The summed E-state index contributed by atoms with van der Waals surface area (Å²) in [7, 11) is 0. The van der Waals surface area contributed by atoms with E-state index in [0.29, 0.717) is 11.5 Å². The predicted octanol–water partition coefficient (Wildman–Crippen LogP) is 2.44. The van der Waals surface area contributed by atoms with Crippen molar-refractivity contribution in [1.82, 2.24) is 9.97 Å². The van der Waals surface area contributed by atoms with Crippen molar-refractivity contribution in [3.8, 4) is 11.4 Å². The molecule has 0 atom stereocenters. The molecule has 1 heterocycles. The Morgan fingerprint density at radius 3 is 2.21 bits per heavy atom. The van der Waals surface area contributed by atoms with Crippen LogP contribution >= 0.6 is 0 Å². The molecule has 0 bridgehead atoms.